The minimum atomic E-state index is 1.02. The summed E-state index contributed by atoms with van der Waals surface area (Å²) in [7, 11) is 0. The van der Waals surface area contributed by atoms with Gasteiger partial charge in [0.05, 0.1) is 0 Å². The largest absolute Gasteiger partial charge is 0.340 e. The number of hydrogen-bond donors (Lipinski definition) is 0. The summed E-state index contributed by atoms with van der Waals surface area (Å²) >= 11 is 1.91. The van der Waals surface area contributed by atoms with Gasteiger partial charge in [-0.1, -0.05) is 54.6 Å². The maximum Gasteiger partial charge on any atom is 0.0491 e. The molecule has 4 aromatic rings. The number of benzene rings is 3. The molecule has 0 saturated carbocycles. The fourth-order valence-electron chi connectivity index (χ4n) is 3.02. The van der Waals surface area contributed by atoms with Crippen LogP contribution in [0.2, 0.25) is 0 Å². The van der Waals surface area contributed by atoms with Crippen LogP contribution < -0.4 is 0 Å². The Kier molecular flexibility index (Phi) is 3.61. The summed E-state index contributed by atoms with van der Waals surface area (Å²) in [6.45, 7) is 1.02. The second-order valence-corrected chi connectivity index (χ2v) is 6.52. The minimum absolute atomic E-state index is 1.02. The van der Waals surface area contributed by atoms with E-state index < -0.39 is 0 Å². The van der Waals surface area contributed by atoms with Gasteiger partial charge in [-0.2, -0.15) is 0 Å². The second kappa shape index (κ2) is 5.90. The molecule has 4 rings (SSSR count). The lowest BCUT2D eigenvalue weighted by atomic mass is 10.2. The smallest absolute Gasteiger partial charge is 0.0491 e. The van der Waals surface area contributed by atoms with Gasteiger partial charge >= 0.3 is 0 Å². The van der Waals surface area contributed by atoms with Crippen molar-refractivity contribution in [2.24, 2.45) is 0 Å². The molecular formula is C20H17NS. The lowest BCUT2D eigenvalue weighted by Gasteiger charge is -2.07. The average molecular weight is 303 g/mol. The molecule has 1 heterocycles. The zero-order valence-electron chi connectivity index (χ0n) is 12.3. The Morgan fingerprint density at radius 1 is 0.636 bits per heavy atom. The van der Waals surface area contributed by atoms with Gasteiger partial charge in [-0.15, -0.1) is 11.8 Å². The zero-order valence-corrected chi connectivity index (χ0v) is 13.1. The van der Waals surface area contributed by atoms with Crippen molar-refractivity contribution in [3.05, 3.63) is 78.9 Å². The Labute approximate surface area is 134 Å². The van der Waals surface area contributed by atoms with Crippen LogP contribution in [-0.4, -0.2) is 10.3 Å². The monoisotopic (exact) mass is 303 g/mol. The van der Waals surface area contributed by atoms with Crippen LogP contribution in [0.3, 0.4) is 0 Å². The normalized spacial score (nSPS) is 11.3. The van der Waals surface area contributed by atoms with Crippen LogP contribution in [0.5, 0.6) is 0 Å². The molecule has 3 aromatic carbocycles. The number of para-hydroxylation sites is 2. The predicted molar refractivity (Wildman–Crippen MR) is 96.6 cm³/mol. The van der Waals surface area contributed by atoms with Crippen LogP contribution in [0.15, 0.2) is 83.8 Å². The Balaban J connectivity index is 1.68. The van der Waals surface area contributed by atoms with E-state index in [1.165, 1.54) is 26.7 Å². The van der Waals surface area contributed by atoms with Gasteiger partial charge in [-0.05, 0) is 24.3 Å². The van der Waals surface area contributed by atoms with E-state index >= 15 is 0 Å². The molecule has 2 heteroatoms. The van der Waals surface area contributed by atoms with Crippen molar-refractivity contribution in [3.63, 3.8) is 0 Å². The van der Waals surface area contributed by atoms with Crippen molar-refractivity contribution >= 4 is 33.6 Å². The van der Waals surface area contributed by atoms with E-state index in [1.54, 1.807) is 0 Å². The van der Waals surface area contributed by atoms with Crippen LogP contribution in [0.25, 0.3) is 21.8 Å². The number of fused-ring (bicyclic) bond motifs is 3. The van der Waals surface area contributed by atoms with Gasteiger partial charge in [0, 0.05) is 39.0 Å². The predicted octanol–water partition coefficient (Wildman–Crippen LogP) is 5.59. The van der Waals surface area contributed by atoms with Crippen LogP contribution in [-0.2, 0) is 6.54 Å². The van der Waals surface area contributed by atoms with Crippen LogP contribution in [0.1, 0.15) is 0 Å². The third kappa shape index (κ3) is 2.40. The van der Waals surface area contributed by atoms with E-state index in [2.05, 4.69) is 83.4 Å². The molecule has 0 aliphatic carbocycles. The number of aromatic nitrogens is 1. The first-order chi connectivity index (χ1) is 10.9. The van der Waals surface area contributed by atoms with Gasteiger partial charge in [-0.25, -0.2) is 0 Å². The summed E-state index contributed by atoms with van der Waals surface area (Å²) in [4.78, 5) is 1.34. The third-order valence-electron chi connectivity index (χ3n) is 4.01. The lowest BCUT2D eigenvalue weighted by molar-refractivity contribution is 0.837. The Morgan fingerprint density at radius 3 is 1.82 bits per heavy atom. The fraction of sp³-hybridized carbons (Fsp3) is 0.100. The highest BCUT2D eigenvalue weighted by Crippen LogP contribution is 2.29. The number of aryl methyl sites for hydroxylation is 1. The highest BCUT2D eigenvalue weighted by Gasteiger charge is 2.09. The molecule has 108 valence electrons. The average Bonchev–Trinajstić information content (AvgIpc) is 2.91. The van der Waals surface area contributed by atoms with Gasteiger partial charge in [0.1, 0.15) is 0 Å². The van der Waals surface area contributed by atoms with E-state index in [4.69, 9.17) is 0 Å². The SMILES string of the molecule is c1ccc(SCCn2c3ccccc3c3ccccc32)cc1. The molecule has 1 nitrogen and oxygen atoms in total. The maximum absolute atomic E-state index is 2.45. The molecule has 0 radical (unpaired) electrons. The maximum atomic E-state index is 2.45. The minimum Gasteiger partial charge on any atom is -0.340 e. The van der Waals surface area contributed by atoms with Crippen molar-refractivity contribution in [2.75, 3.05) is 5.75 Å². The summed E-state index contributed by atoms with van der Waals surface area (Å²) in [5.74, 6) is 1.08. The van der Waals surface area contributed by atoms with Crippen LogP contribution in [0.4, 0.5) is 0 Å². The number of thioether (sulfide) groups is 1. The van der Waals surface area contributed by atoms with Crippen molar-refractivity contribution in [2.45, 2.75) is 11.4 Å². The van der Waals surface area contributed by atoms with Gasteiger partial charge in [-0.3, -0.25) is 0 Å². The van der Waals surface area contributed by atoms with E-state index in [-0.39, 0.29) is 0 Å². The van der Waals surface area contributed by atoms with Crippen molar-refractivity contribution in [1.82, 2.24) is 4.57 Å². The Bertz CT molecular complexity index is 855. The van der Waals surface area contributed by atoms with Gasteiger partial charge in [0.25, 0.3) is 0 Å². The molecule has 0 amide bonds. The number of rotatable bonds is 4. The molecule has 1 aromatic heterocycles. The Morgan fingerprint density at radius 2 is 1.18 bits per heavy atom. The van der Waals surface area contributed by atoms with Crippen LogP contribution >= 0.6 is 11.8 Å². The first kappa shape index (κ1) is 13.5. The molecule has 0 spiro atoms. The van der Waals surface area contributed by atoms with Crippen molar-refractivity contribution in [1.29, 1.82) is 0 Å². The van der Waals surface area contributed by atoms with Gasteiger partial charge in [0.2, 0.25) is 0 Å². The molecular weight excluding hydrogens is 286 g/mol. The highest BCUT2D eigenvalue weighted by atomic mass is 32.2. The summed E-state index contributed by atoms with van der Waals surface area (Å²) in [6.07, 6.45) is 0. The lowest BCUT2D eigenvalue weighted by Crippen LogP contribution is -1.99. The molecule has 0 bridgehead atoms. The third-order valence-corrected chi connectivity index (χ3v) is 5.00. The summed E-state index contributed by atoms with van der Waals surface area (Å²) in [5.41, 5.74) is 2.66. The summed E-state index contributed by atoms with van der Waals surface area (Å²) < 4.78 is 2.45. The van der Waals surface area contributed by atoms with Gasteiger partial charge in [0.15, 0.2) is 0 Å². The molecule has 0 aliphatic heterocycles. The molecule has 0 aliphatic rings. The van der Waals surface area contributed by atoms with E-state index in [9.17, 15) is 0 Å². The Hall–Kier alpha value is -2.19. The fourth-order valence-corrected chi connectivity index (χ4v) is 3.87. The quantitative estimate of drug-likeness (QED) is 0.445. The van der Waals surface area contributed by atoms with Crippen molar-refractivity contribution < 1.29 is 0 Å². The van der Waals surface area contributed by atoms with E-state index in [1.807, 2.05) is 11.8 Å². The van der Waals surface area contributed by atoms with Gasteiger partial charge < -0.3 is 4.57 Å². The molecule has 0 unspecified atom stereocenters. The molecule has 0 fully saturated rings. The number of nitrogens with zero attached hydrogens (tertiary/aromatic N) is 1. The summed E-state index contributed by atoms with van der Waals surface area (Å²) in [6, 6.07) is 28.0. The zero-order chi connectivity index (χ0) is 14.8. The molecule has 0 N–H and O–H groups in total. The first-order valence-corrected chi connectivity index (χ1v) is 8.56. The molecule has 22 heavy (non-hydrogen) atoms. The van der Waals surface area contributed by atoms with E-state index in [0.717, 1.165) is 12.3 Å². The second-order valence-electron chi connectivity index (χ2n) is 5.35. The highest BCUT2D eigenvalue weighted by molar-refractivity contribution is 7.99. The molecule has 0 saturated heterocycles. The molecule has 0 atom stereocenters. The first-order valence-electron chi connectivity index (χ1n) is 7.57. The van der Waals surface area contributed by atoms with Crippen LogP contribution in [0, 0.1) is 0 Å². The standard InChI is InChI=1S/C20H17NS/c1-2-8-16(9-3-1)22-15-14-21-19-12-6-4-10-17(19)18-11-5-7-13-20(18)21/h1-13H,14-15H2. The summed E-state index contributed by atoms with van der Waals surface area (Å²) in [5, 5.41) is 2.70. The number of hydrogen-bond acceptors (Lipinski definition) is 1. The van der Waals surface area contributed by atoms with Crippen molar-refractivity contribution in [3.8, 4) is 0 Å². The van der Waals surface area contributed by atoms with E-state index in [0.29, 0.717) is 0 Å². The topological polar surface area (TPSA) is 4.93 Å².